The lowest BCUT2D eigenvalue weighted by Gasteiger charge is -2.19. The van der Waals surface area contributed by atoms with Crippen LogP contribution in [0.4, 0.5) is 0 Å². The van der Waals surface area contributed by atoms with Crippen LogP contribution in [0, 0.1) is 0 Å². The average molecular weight is 377 g/mol. The van der Waals surface area contributed by atoms with Crippen LogP contribution in [0.1, 0.15) is 18.1 Å². The second-order valence-corrected chi connectivity index (χ2v) is 6.84. The highest BCUT2D eigenvalue weighted by Gasteiger charge is 2.15. The van der Waals surface area contributed by atoms with Crippen molar-refractivity contribution in [3.05, 3.63) is 63.8 Å². The van der Waals surface area contributed by atoms with E-state index in [1.54, 1.807) is 12.1 Å². The van der Waals surface area contributed by atoms with Crippen LogP contribution in [-0.4, -0.2) is 22.9 Å². The van der Waals surface area contributed by atoms with Crippen LogP contribution in [0.5, 0.6) is 5.75 Å². The highest BCUT2D eigenvalue weighted by atomic mass is 35.5. The van der Waals surface area contributed by atoms with Crippen LogP contribution >= 0.6 is 23.2 Å². The Labute approximate surface area is 156 Å². The molecule has 0 spiro atoms. The molecule has 3 rings (SSSR count). The molecule has 0 saturated heterocycles. The van der Waals surface area contributed by atoms with E-state index >= 15 is 0 Å². The van der Waals surface area contributed by atoms with Crippen molar-refractivity contribution in [2.24, 2.45) is 0 Å². The highest BCUT2D eigenvalue weighted by Crippen LogP contribution is 2.33. The molecule has 2 aromatic carbocycles. The predicted molar refractivity (Wildman–Crippen MR) is 101 cm³/mol. The summed E-state index contributed by atoms with van der Waals surface area (Å²) in [6.45, 7) is 2.63. The Morgan fingerprint density at radius 1 is 1.16 bits per heavy atom. The zero-order chi connectivity index (χ0) is 18.0. The zero-order valence-electron chi connectivity index (χ0n) is 14.0. The van der Waals surface area contributed by atoms with E-state index in [-0.39, 0.29) is 0 Å². The molecule has 0 saturated carbocycles. The van der Waals surface area contributed by atoms with Crippen LogP contribution in [0.15, 0.2) is 42.6 Å². The van der Waals surface area contributed by atoms with Gasteiger partial charge in [-0.3, -0.25) is 9.69 Å². The van der Waals surface area contributed by atoms with Gasteiger partial charge in [0.25, 0.3) is 0 Å². The molecule has 0 aliphatic rings. The molecule has 0 bridgehead atoms. The molecule has 0 atom stereocenters. The third-order valence-electron chi connectivity index (χ3n) is 3.89. The van der Waals surface area contributed by atoms with Crippen LogP contribution in [0.3, 0.4) is 0 Å². The zero-order valence-corrected chi connectivity index (χ0v) is 15.5. The topological polar surface area (TPSA) is 45.3 Å². The van der Waals surface area contributed by atoms with Crippen LogP contribution in [0.25, 0.3) is 10.9 Å². The van der Waals surface area contributed by atoms with E-state index in [4.69, 9.17) is 27.9 Å². The number of benzene rings is 2. The number of aromatic amines is 1. The molecule has 1 aromatic heterocycles. The number of hydrogen-bond donors (Lipinski definition) is 1. The van der Waals surface area contributed by atoms with Gasteiger partial charge in [0.2, 0.25) is 0 Å². The normalized spacial score (nSPS) is 11.2. The first-order valence-corrected chi connectivity index (χ1v) is 8.59. The highest BCUT2D eigenvalue weighted by molar-refractivity contribution is 6.35. The number of halogens is 2. The van der Waals surface area contributed by atoms with E-state index in [0.717, 1.165) is 17.6 Å². The molecule has 0 fully saturated rings. The van der Waals surface area contributed by atoms with Gasteiger partial charge in [-0.2, -0.15) is 0 Å². The molecule has 3 aromatic rings. The van der Waals surface area contributed by atoms with Crippen molar-refractivity contribution in [2.75, 3.05) is 7.05 Å². The van der Waals surface area contributed by atoms with Crippen molar-refractivity contribution in [3.63, 3.8) is 0 Å². The van der Waals surface area contributed by atoms with Crippen molar-refractivity contribution in [1.29, 1.82) is 0 Å². The van der Waals surface area contributed by atoms with E-state index < -0.39 is 5.97 Å². The first-order chi connectivity index (χ1) is 11.9. The van der Waals surface area contributed by atoms with Crippen LogP contribution < -0.4 is 4.74 Å². The van der Waals surface area contributed by atoms with Crippen molar-refractivity contribution >= 4 is 40.1 Å². The largest absolute Gasteiger partial charge is 0.425 e. The van der Waals surface area contributed by atoms with E-state index in [0.29, 0.717) is 22.3 Å². The molecular formula is C19H18Cl2N2O2. The summed E-state index contributed by atoms with van der Waals surface area (Å²) < 4.78 is 5.28. The minimum Gasteiger partial charge on any atom is -0.425 e. The Kier molecular flexibility index (Phi) is 5.33. The third-order valence-corrected chi connectivity index (χ3v) is 4.39. The standard InChI is InChI=1S/C19H18Cl2N2O2/c1-12(24)25-19-13(7-15(20)8-17(19)21)10-23(2)11-14-9-22-18-6-4-3-5-16(14)18/h3-9,22H,10-11H2,1-2H3. The number of aromatic nitrogens is 1. The Bertz CT molecular complexity index is 921. The number of ether oxygens (including phenoxy) is 1. The number of para-hydroxylation sites is 1. The Balaban J connectivity index is 1.83. The number of carbonyl (C=O) groups is 1. The van der Waals surface area contributed by atoms with E-state index in [1.165, 1.54) is 17.9 Å². The summed E-state index contributed by atoms with van der Waals surface area (Å²) in [6, 6.07) is 11.5. The smallest absolute Gasteiger partial charge is 0.308 e. The molecule has 0 unspecified atom stereocenters. The number of hydrogen-bond acceptors (Lipinski definition) is 3. The maximum Gasteiger partial charge on any atom is 0.308 e. The molecule has 0 radical (unpaired) electrons. The van der Waals surface area contributed by atoms with E-state index in [9.17, 15) is 4.79 Å². The molecule has 0 amide bonds. The summed E-state index contributed by atoms with van der Waals surface area (Å²) in [4.78, 5) is 16.8. The van der Waals surface area contributed by atoms with Gasteiger partial charge in [-0.25, -0.2) is 0 Å². The number of H-pyrrole nitrogens is 1. The van der Waals surface area contributed by atoms with Gasteiger partial charge in [-0.15, -0.1) is 0 Å². The van der Waals surface area contributed by atoms with Crippen molar-refractivity contribution in [2.45, 2.75) is 20.0 Å². The maximum atomic E-state index is 11.4. The summed E-state index contributed by atoms with van der Waals surface area (Å²) in [6.07, 6.45) is 2.01. The summed E-state index contributed by atoms with van der Waals surface area (Å²) in [5, 5.41) is 2.04. The second kappa shape index (κ2) is 7.48. The first-order valence-electron chi connectivity index (χ1n) is 7.84. The number of carbonyl (C=O) groups excluding carboxylic acids is 1. The summed E-state index contributed by atoms with van der Waals surface area (Å²) in [5.74, 6) is -0.0471. The van der Waals surface area contributed by atoms with Crippen LogP contribution in [0.2, 0.25) is 10.0 Å². The fraction of sp³-hybridized carbons (Fsp3) is 0.211. The number of esters is 1. The molecule has 0 aliphatic carbocycles. The average Bonchev–Trinajstić information content (AvgIpc) is 2.93. The molecule has 25 heavy (non-hydrogen) atoms. The van der Waals surface area contributed by atoms with Gasteiger partial charge in [-0.1, -0.05) is 41.4 Å². The van der Waals surface area contributed by atoms with E-state index in [1.807, 2.05) is 31.4 Å². The van der Waals surface area contributed by atoms with Crippen molar-refractivity contribution in [3.8, 4) is 5.75 Å². The van der Waals surface area contributed by atoms with Gasteiger partial charge in [0.15, 0.2) is 5.75 Å². The predicted octanol–water partition coefficient (Wildman–Crippen LogP) is 5.03. The fourth-order valence-electron chi connectivity index (χ4n) is 2.89. The molecule has 130 valence electrons. The molecule has 1 N–H and O–H groups in total. The summed E-state index contributed by atoms with van der Waals surface area (Å²) >= 11 is 12.3. The lowest BCUT2D eigenvalue weighted by Crippen LogP contribution is -2.18. The third kappa shape index (κ3) is 4.15. The number of fused-ring (bicyclic) bond motifs is 1. The molecule has 6 heteroatoms. The minimum atomic E-state index is -0.412. The SMILES string of the molecule is CC(=O)Oc1c(Cl)cc(Cl)cc1CN(C)Cc1c[nH]c2ccccc12. The van der Waals surface area contributed by atoms with Gasteiger partial charge < -0.3 is 9.72 Å². The Morgan fingerprint density at radius 2 is 1.88 bits per heavy atom. The minimum absolute atomic E-state index is 0.332. The first kappa shape index (κ1) is 17.8. The lowest BCUT2D eigenvalue weighted by molar-refractivity contribution is -0.131. The van der Waals surface area contributed by atoms with Gasteiger partial charge in [-0.05, 0) is 30.8 Å². The number of nitrogens with one attached hydrogen (secondary N) is 1. The van der Waals surface area contributed by atoms with Crippen molar-refractivity contribution in [1.82, 2.24) is 9.88 Å². The maximum absolute atomic E-state index is 11.4. The number of nitrogens with zero attached hydrogens (tertiary/aromatic N) is 1. The second-order valence-electron chi connectivity index (χ2n) is 6.00. The quantitative estimate of drug-likeness (QED) is 0.501. The molecule has 1 heterocycles. The Hall–Kier alpha value is -2.01. The van der Waals surface area contributed by atoms with Gasteiger partial charge >= 0.3 is 5.97 Å². The van der Waals surface area contributed by atoms with E-state index in [2.05, 4.69) is 16.0 Å². The van der Waals surface area contributed by atoms with Crippen LogP contribution in [-0.2, 0) is 17.9 Å². The van der Waals surface area contributed by atoms with Gasteiger partial charge in [0, 0.05) is 47.7 Å². The summed E-state index contributed by atoms with van der Waals surface area (Å²) in [5.41, 5.74) is 3.08. The van der Waals surface area contributed by atoms with Gasteiger partial charge in [0.05, 0.1) is 5.02 Å². The van der Waals surface area contributed by atoms with Gasteiger partial charge in [0.1, 0.15) is 0 Å². The summed E-state index contributed by atoms with van der Waals surface area (Å²) in [7, 11) is 1.99. The molecule has 0 aliphatic heterocycles. The monoisotopic (exact) mass is 376 g/mol. The molecule has 4 nitrogen and oxygen atoms in total. The fourth-order valence-corrected chi connectivity index (χ4v) is 3.46. The Morgan fingerprint density at radius 3 is 2.64 bits per heavy atom. The number of rotatable bonds is 5. The molecular weight excluding hydrogens is 359 g/mol. The lowest BCUT2D eigenvalue weighted by atomic mass is 10.1. The van der Waals surface area contributed by atoms with Crippen molar-refractivity contribution < 1.29 is 9.53 Å².